The first-order valence-corrected chi connectivity index (χ1v) is 12.0. The Morgan fingerprint density at radius 2 is 1.45 bits per heavy atom. The zero-order valence-corrected chi connectivity index (χ0v) is 22.4. The van der Waals surface area contributed by atoms with Gasteiger partial charge in [-0.2, -0.15) is 0 Å². The minimum Gasteiger partial charge on any atom is -1.00 e. The topological polar surface area (TPSA) is 89.9 Å². The van der Waals surface area contributed by atoms with Crippen molar-refractivity contribution in [1.29, 1.82) is 0 Å². The van der Waals surface area contributed by atoms with Gasteiger partial charge in [-0.3, -0.25) is 14.5 Å². The monoisotopic (exact) mass is 450 g/mol. The third-order valence-corrected chi connectivity index (χ3v) is 5.25. The molecule has 1 atom stereocenters. The number of hydrogen-bond acceptors (Lipinski definition) is 4. The van der Waals surface area contributed by atoms with Crippen molar-refractivity contribution in [3.05, 3.63) is 12.2 Å². The fourth-order valence-electron chi connectivity index (χ4n) is 3.36. The second-order valence-electron chi connectivity index (χ2n) is 8.18. The normalized spacial score (nSPS) is 12.1. The van der Waals surface area contributed by atoms with Gasteiger partial charge in [0.05, 0.1) is 6.54 Å². The average Bonchev–Trinajstić information content (AvgIpc) is 2.69. The van der Waals surface area contributed by atoms with Crippen LogP contribution < -0.4 is 34.9 Å². The minimum absolute atomic E-state index is 0. The van der Waals surface area contributed by atoms with Gasteiger partial charge in [-0.1, -0.05) is 70.4 Å². The number of nitrogens with zero attached hydrogens (tertiary/aromatic N) is 1. The van der Waals surface area contributed by atoms with E-state index in [9.17, 15) is 14.7 Å². The molecule has 0 aromatic heterocycles. The van der Waals surface area contributed by atoms with Crippen LogP contribution >= 0.6 is 0 Å². The molecule has 0 aliphatic heterocycles. The Morgan fingerprint density at radius 3 is 1.97 bits per heavy atom. The van der Waals surface area contributed by atoms with E-state index in [0.717, 1.165) is 25.7 Å². The first-order valence-electron chi connectivity index (χ1n) is 12.0. The molecule has 0 rings (SSSR count). The number of aliphatic carboxylic acids is 1. The predicted molar refractivity (Wildman–Crippen MR) is 124 cm³/mol. The van der Waals surface area contributed by atoms with Crippen LogP contribution in [0.4, 0.5) is 0 Å². The van der Waals surface area contributed by atoms with Gasteiger partial charge >= 0.3 is 35.5 Å². The van der Waals surface area contributed by atoms with Gasteiger partial charge in [-0.05, 0) is 39.0 Å². The van der Waals surface area contributed by atoms with E-state index >= 15 is 0 Å². The summed E-state index contributed by atoms with van der Waals surface area (Å²) in [4.78, 5) is 24.0. The van der Waals surface area contributed by atoms with Gasteiger partial charge in [0.25, 0.3) is 0 Å². The van der Waals surface area contributed by atoms with Crippen LogP contribution in [0.15, 0.2) is 12.2 Å². The van der Waals surface area contributed by atoms with Crippen LogP contribution in [0.5, 0.6) is 0 Å². The Kier molecular flexibility index (Phi) is 25.6. The first kappa shape index (κ1) is 32.8. The van der Waals surface area contributed by atoms with E-state index < -0.39 is 12.2 Å². The molecule has 0 aliphatic carbocycles. The molecule has 6 nitrogen and oxygen atoms in total. The van der Waals surface area contributed by atoms with E-state index in [4.69, 9.17) is 5.11 Å². The summed E-state index contributed by atoms with van der Waals surface area (Å²) in [5, 5.41) is 21.1. The number of rotatable bonds is 21. The molecule has 1 unspecified atom stereocenters. The summed E-state index contributed by atoms with van der Waals surface area (Å²) in [6.45, 7) is 4.21. The molecule has 31 heavy (non-hydrogen) atoms. The van der Waals surface area contributed by atoms with E-state index in [-0.39, 0.29) is 43.4 Å². The van der Waals surface area contributed by atoms with E-state index in [2.05, 4.69) is 24.4 Å². The van der Waals surface area contributed by atoms with Crippen LogP contribution in [-0.2, 0) is 9.59 Å². The van der Waals surface area contributed by atoms with Crippen molar-refractivity contribution in [2.45, 2.75) is 110 Å². The number of carboxylic acids is 1. The number of aliphatic hydroxyl groups is 1. The third-order valence-electron chi connectivity index (χ3n) is 5.25. The zero-order valence-electron chi connectivity index (χ0n) is 21.4. The number of hydrogen-bond donors (Lipinski definition) is 3. The third kappa shape index (κ3) is 24.1. The molecule has 0 saturated carbocycles. The molecule has 0 fully saturated rings. The van der Waals surface area contributed by atoms with Crippen molar-refractivity contribution in [2.24, 2.45) is 0 Å². The number of unbranched alkanes of at least 4 members (excludes halogenated alkanes) is 11. The fraction of sp³-hybridized carbons (Fsp3) is 0.833. The van der Waals surface area contributed by atoms with Crippen molar-refractivity contribution >= 4 is 11.9 Å². The minimum atomic E-state index is -0.990. The smallest absolute Gasteiger partial charge is 1.00 e. The predicted octanol–water partition coefficient (Wildman–Crippen LogP) is 1.98. The summed E-state index contributed by atoms with van der Waals surface area (Å²) in [6, 6.07) is 0. The average molecular weight is 451 g/mol. The maximum atomic E-state index is 11.8. The number of amides is 1. The summed E-state index contributed by atoms with van der Waals surface area (Å²) >= 11 is 0. The van der Waals surface area contributed by atoms with E-state index in [1.54, 1.807) is 0 Å². The van der Waals surface area contributed by atoms with Crippen LogP contribution in [0.2, 0.25) is 0 Å². The first-order chi connectivity index (χ1) is 14.5. The van der Waals surface area contributed by atoms with Crippen LogP contribution in [0.3, 0.4) is 0 Å². The van der Waals surface area contributed by atoms with Gasteiger partial charge in [0.1, 0.15) is 6.23 Å². The molecule has 7 heteroatoms. The van der Waals surface area contributed by atoms with Gasteiger partial charge < -0.3 is 17.0 Å². The number of carbonyl (C=O) groups excluding carboxylic acids is 1. The Morgan fingerprint density at radius 1 is 0.935 bits per heavy atom. The van der Waals surface area contributed by atoms with E-state index in [0.29, 0.717) is 19.5 Å². The van der Waals surface area contributed by atoms with Crippen molar-refractivity contribution in [3.63, 3.8) is 0 Å². The fourth-order valence-corrected chi connectivity index (χ4v) is 3.36. The summed E-state index contributed by atoms with van der Waals surface area (Å²) in [6.07, 6.45) is 20.4. The molecule has 0 saturated heterocycles. The van der Waals surface area contributed by atoms with Crippen LogP contribution in [-0.4, -0.2) is 52.9 Å². The maximum Gasteiger partial charge on any atom is 1.00 e. The van der Waals surface area contributed by atoms with Gasteiger partial charge in [0, 0.05) is 19.5 Å². The zero-order chi connectivity index (χ0) is 22.5. The van der Waals surface area contributed by atoms with Crippen LogP contribution in [0, 0.1) is 0 Å². The molecule has 178 valence electrons. The van der Waals surface area contributed by atoms with Crippen molar-refractivity contribution in [2.75, 3.05) is 19.6 Å². The molecule has 0 radical (unpaired) electrons. The summed E-state index contributed by atoms with van der Waals surface area (Å²) in [5.74, 6) is -0.996. The largest absolute Gasteiger partial charge is 1.00 e. The molecule has 0 bridgehead atoms. The number of carboxylic acid groups (broad SMARTS) is 1. The second-order valence-corrected chi connectivity index (χ2v) is 8.18. The molecule has 0 aromatic rings. The summed E-state index contributed by atoms with van der Waals surface area (Å²) in [5.41, 5.74) is 0. The van der Waals surface area contributed by atoms with Gasteiger partial charge in [-0.15, -0.1) is 0 Å². The standard InChI is InChI=1S/C24H46N2O4.Na.H/c1-3-4-5-6-7-8-9-10-11-12-13-14-15-16-17-18-23(28)25-19-20-26(22(2)27)21-24(29)30;;/h10-11,22,27H,3-9,12-21H2,1-2H3,(H,25,28)(H,29,30);;/q;+1;-1/b11-10-;;. The SMILES string of the molecule is CCCCCCCC/C=C\CCCCCCCC(=O)NCCN(CC(=O)O)C(C)O.[H-].[Na+]. The molecule has 3 N–H and O–H groups in total. The van der Waals surface area contributed by atoms with Crippen molar-refractivity contribution < 1.29 is 50.8 Å². The molecule has 0 spiro atoms. The van der Waals surface area contributed by atoms with Gasteiger partial charge in [-0.25, -0.2) is 0 Å². The van der Waals surface area contributed by atoms with Gasteiger partial charge in [0.2, 0.25) is 5.91 Å². The molecular weight excluding hydrogens is 403 g/mol. The molecular formula is C24H47N2NaO4. The second kappa shape index (κ2) is 24.2. The van der Waals surface area contributed by atoms with E-state index in [1.165, 1.54) is 69.6 Å². The summed E-state index contributed by atoms with van der Waals surface area (Å²) < 4.78 is 0. The maximum absolute atomic E-state index is 11.8. The Hall–Kier alpha value is -0.400. The Balaban J connectivity index is -0.00000420. The molecule has 0 aromatic carbocycles. The quantitative estimate of drug-likeness (QED) is 0.108. The molecule has 1 amide bonds. The number of aliphatic hydroxyl groups excluding tert-OH is 1. The number of carbonyl (C=O) groups is 2. The Bertz CT molecular complexity index is 465. The molecule has 0 heterocycles. The summed E-state index contributed by atoms with van der Waals surface area (Å²) in [7, 11) is 0. The number of allylic oxidation sites excluding steroid dienone is 2. The van der Waals surface area contributed by atoms with Crippen LogP contribution in [0.25, 0.3) is 0 Å². The van der Waals surface area contributed by atoms with Crippen molar-refractivity contribution in [3.8, 4) is 0 Å². The molecule has 0 aliphatic rings. The number of nitrogens with one attached hydrogen (secondary N) is 1. The van der Waals surface area contributed by atoms with Crippen LogP contribution in [0.1, 0.15) is 105 Å². The van der Waals surface area contributed by atoms with Gasteiger partial charge in [0.15, 0.2) is 0 Å². The van der Waals surface area contributed by atoms with Crippen molar-refractivity contribution in [1.82, 2.24) is 10.2 Å². The van der Waals surface area contributed by atoms with E-state index in [1.807, 2.05) is 0 Å². The Labute approximate surface area is 214 Å².